The summed E-state index contributed by atoms with van der Waals surface area (Å²) in [6.07, 6.45) is 5.10. The first-order chi connectivity index (χ1) is 5.75. The van der Waals surface area contributed by atoms with E-state index >= 15 is 0 Å². The highest BCUT2D eigenvalue weighted by Gasteiger charge is 2.01. The lowest BCUT2D eigenvalue weighted by Crippen LogP contribution is -2.31. The summed E-state index contributed by atoms with van der Waals surface area (Å²) in [5.74, 6) is 8.06. The lowest BCUT2D eigenvalue weighted by atomic mass is 10.2. The summed E-state index contributed by atoms with van der Waals surface area (Å²) in [5, 5.41) is 1.44. The van der Waals surface area contributed by atoms with Gasteiger partial charge in [-0.15, -0.1) is 6.42 Å². The minimum Gasteiger partial charge on any atom is -0.397 e. The minimum absolute atomic E-state index is 0.355. The maximum absolute atomic E-state index is 5.66. The lowest BCUT2D eigenvalue weighted by molar-refractivity contribution is 0.957. The van der Waals surface area contributed by atoms with Crippen molar-refractivity contribution in [2.24, 2.45) is 5.84 Å². The molecule has 12 heavy (non-hydrogen) atoms. The molecule has 0 saturated carbocycles. The van der Waals surface area contributed by atoms with E-state index in [1.54, 1.807) is 6.07 Å². The fourth-order valence-electron chi connectivity index (χ4n) is 0.933. The highest BCUT2D eigenvalue weighted by molar-refractivity contribution is 5.66. The van der Waals surface area contributed by atoms with Crippen LogP contribution in [-0.2, 0) is 0 Å². The Morgan fingerprint density at radius 1 is 1.42 bits per heavy atom. The van der Waals surface area contributed by atoms with Crippen molar-refractivity contribution in [3.8, 4) is 12.3 Å². The van der Waals surface area contributed by atoms with Crippen LogP contribution in [0, 0.1) is 12.3 Å². The smallest absolute Gasteiger partial charge is 0.0948 e. The molecule has 0 bridgehead atoms. The first-order valence-electron chi connectivity index (χ1n) is 3.56. The molecule has 0 saturated heterocycles. The Bertz CT molecular complexity index is 301. The molecule has 0 aliphatic heterocycles. The van der Waals surface area contributed by atoms with Gasteiger partial charge in [-0.25, -0.2) is 5.84 Å². The molecule has 0 unspecified atom stereocenters. The van der Waals surface area contributed by atoms with Crippen LogP contribution in [-0.4, -0.2) is 6.54 Å². The third kappa shape index (κ3) is 1.68. The van der Waals surface area contributed by atoms with E-state index in [0.29, 0.717) is 12.2 Å². The second-order valence-corrected chi connectivity index (χ2v) is 2.39. The third-order valence-electron chi connectivity index (χ3n) is 1.51. The monoisotopic (exact) mass is 161 g/mol. The summed E-state index contributed by atoms with van der Waals surface area (Å²) in [6.45, 7) is 0.355. The van der Waals surface area contributed by atoms with E-state index in [1.807, 2.05) is 18.2 Å². The Labute approximate surface area is 71.9 Å². The molecule has 1 aromatic carbocycles. The van der Waals surface area contributed by atoms with Gasteiger partial charge in [0.25, 0.3) is 0 Å². The number of nitrogens with zero attached hydrogens (tertiary/aromatic N) is 1. The number of hydrogen-bond acceptors (Lipinski definition) is 3. The van der Waals surface area contributed by atoms with E-state index in [1.165, 1.54) is 5.01 Å². The van der Waals surface area contributed by atoms with Crippen LogP contribution >= 0.6 is 0 Å². The highest BCUT2D eigenvalue weighted by Crippen LogP contribution is 2.18. The van der Waals surface area contributed by atoms with Crippen molar-refractivity contribution in [1.29, 1.82) is 0 Å². The largest absolute Gasteiger partial charge is 0.397 e. The number of hydrazine groups is 1. The Hall–Kier alpha value is -1.66. The molecule has 1 rings (SSSR count). The molecule has 0 heterocycles. The topological polar surface area (TPSA) is 55.3 Å². The Balaban J connectivity index is 2.88. The highest BCUT2D eigenvalue weighted by atomic mass is 15.4. The Kier molecular flexibility index (Phi) is 2.57. The second-order valence-electron chi connectivity index (χ2n) is 2.39. The van der Waals surface area contributed by atoms with Gasteiger partial charge in [0, 0.05) is 0 Å². The lowest BCUT2D eigenvalue weighted by Gasteiger charge is -2.16. The molecule has 4 N–H and O–H groups in total. The minimum atomic E-state index is 0.355. The summed E-state index contributed by atoms with van der Waals surface area (Å²) in [5.41, 5.74) is 7.06. The summed E-state index contributed by atoms with van der Waals surface area (Å²) in [6, 6.07) is 7.32. The number of para-hydroxylation sites is 2. The van der Waals surface area contributed by atoms with Crippen molar-refractivity contribution >= 4 is 11.4 Å². The molecule has 0 fully saturated rings. The first kappa shape index (κ1) is 8.44. The fourth-order valence-corrected chi connectivity index (χ4v) is 0.933. The number of terminal acetylenes is 1. The van der Waals surface area contributed by atoms with Gasteiger partial charge in [-0.3, -0.25) is 5.01 Å². The van der Waals surface area contributed by atoms with E-state index in [0.717, 1.165) is 5.69 Å². The van der Waals surface area contributed by atoms with Crippen molar-refractivity contribution in [3.63, 3.8) is 0 Å². The molecular weight excluding hydrogens is 150 g/mol. The van der Waals surface area contributed by atoms with Gasteiger partial charge >= 0.3 is 0 Å². The van der Waals surface area contributed by atoms with Crippen LogP contribution < -0.4 is 16.6 Å². The summed E-state index contributed by atoms with van der Waals surface area (Å²) in [7, 11) is 0. The van der Waals surface area contributed by atoms with Gasteiger partial charge in [-0.1, -0.05) is 18.1 Å². The zero-order chi connectivity index (χ0) is 8.97. The first-order valence-corrected chi connectivity index (χ1v) is 3.56. The molecule has 1 aromatic rings. The number of rotatable bonds is 2. The van der Waals surface area contributed by atoms with Crippen molar-refractivity contribution in [3.05, 3.63) is 24.3 Å². The predicted octanol–water partition coefficient (Wildman–Crippen LogP) is 0.582. The molecular formula is C9H11N3. The molecule has 0 atom stereocenters. The van der Waals surface area contributed by atoms with Gasteiger partial charge in [0.05, 0.1) is 17.9 Å². The van der Waals surface area contributed by atoms with Gasteiger partial charge in [0.2, 0.25) is 0 Å². The van der Waals surface area contributed by atoms with Gasteiger partial charge in [-0.2, -0.15) is 0 Å². The number of nitrogen functional groups attached to an aromatic ring is 1. The van der Waals surface area contributed by atoms with Crippen LogP contribution in [0.15, 0.2) is 24.3 Å². The van der Waals surface area contributed by atoms with Crippen molar-refractivity contribution in [1.82, 2.24) is 0 Å². The number of benzene rings is 1. The van der Waals surface area contributed by atoms with E-state index in [9.17, 15) is 0 Å². The van der Waals surface area contributed by atoms with Crippen LogP contribution in [0.1, 0.15) is 0 Å². The Morgan fingerprint density at radius 3 is 2.67 bits per heavy atom. The van der Waals surface area contributed by atoms with Gasteiger partial charge in [-0.05, 0) is 12.1 Å². The molecule has 0 aromatic heterocycles. The van der Waals surface area contributed by atoms with Crippen LogP contribution in [0.3, 0.4) is 0 Å². The van der Waals surface area contributed by atoms with E-state index in [2.05, 4.69) is 5.92 Å². The SMILES string of the molecule is C#CCN(N)c1ccccc1N. The molecule has 0 amide bonds. The second kappa shape index (κ2) is 3.65. The number of anilines is 2. The van der Waals surface area contributed by atoms with Gasteiger partial charge in [0.15, 0.2) is 0 Å². The summed E-state index contributed by atoms with van der Waals surface area (Å²) >= 11 is 0. The average Bonchev–Trinajstić information content (AvgIpc) is 2.05. The van der Waals surface area contributed by atoms with Gasteiger partial charge in [0.1, 0.15) is 0 Å². The molecule has 0 aliphatic rings. The quantitative estimate of drug-likeness (QED) is 0.289. The predicted molar refractivity (Wildman–Crippen MR) is 51.2 cm³/mol. The zero-order valence-electron chi connectivity index (χ0n) is 6.70. The van der Waals surface area contributed by atoms with Crippen molar-refractivity contribution < 1.29 is 0 Å². The molecule has 62 valence electrons. The van der Waals surface area contributed by atoms with Crippen LogP contribution in [0.5, 0.6) is 0 Å². The maximum atomic E-state index is 5.66. The van der Waals surface area contributed by atoms with E-state index in [4.69, 9.17) is 18.0 Å². The third-order valence-corrected chi connectivity index (χ3v) is 1.51. The maximum Gasteiger partial charge on any atom is 0.0948 e. The van der Waals surface area contributed by atoms with Crippen LogP contribution in [0.25, 0.3) is 0 Å². The van der Waals surface area contributed by atoms with E-state index < -0.39 is 0 Å². The zero-order valence-corrected chi connectivity index (χ0v) is 6.70. The summed E-state index contributed by atoms with van der Waals surface area (Å²) < 4.78 is 0. The standard InChI is InChI=1S/C9H11N3/c1-2-7-12(11)9-6-4-3-5-8(9)10/h1,3-6H,7,10-11H2. The van der Waals surface area contributed by atoms with Crippen molar-refractivity contribution in [2.45, 2.75) is 0 Å². The average molecular weight is 161 g/mol. The van der Waals surface area contributed by atoms with Gasteiger partial charge < -0.3 is 5.73 Å². The van der Waals surface area contributed by atoms with Crippen LogP contribution in [0.2, 0.25) is 0 Å². The normalized spacial score (nSPS) is 9.00. The van der Waals surface area contributed by atoms with E-state index in [-0.39, 0.29) is 0 Å². The molecule has 0 spiro atoms. The van der Waals surface area contributed by atoms with Crippen molar-refractivity contribution in [2.75, 3.05) is 17.3 Å². The summed E-state index contributed by atoms with van der Waals surface area (Å²) in [4.78, 5) is 0. The van der Waals surface area contributed by atoms with Crippen LogP contribution in [0.4, 0.5) is 11.4 Å². The molecule has 0 radical (unpaired) electrons. The fraction of sp³-hybridized carbons (Fsp3) is 0.111. The Morgan fingerprint density at radius 2 is 2.08 bits per heavy atom. The number of nitrogens with two attached hydrogens (primary N) is 2. The molecule has 3 heteroatoms. The number of hydrogen-bond donors (Lipinski definition) is 2. The molecule has 0 aliphatic carbocycles. The molecule has 3 nitrogen and oxygen atoms in total.